The van der Waals surface area contributed by atoms with Gasteiger partial charge in [-0.15, -0.1) is 0 Å². The van der Waals surface area contributed by atoms with Gasteiger partial charge in [0.05, 0.1) is 22.3 Å². The zero-order chi connectivity index (χ0) is 86.1. The van der Waals surface area contributed by atoms with Crippen LogP contribution in [0.25, 0.3) is 133 Å². The Bertz CT molecular complexity index is 6470. The molecule has 105 heavy (non-hydrogen) atoms. The smallest absolute Gasteiger partial charge is 0.227 e. The molecule has 12 heterocycles. The van der Waals surface area contributed by atoms with Crippen LogP contribution in [0, 0.1) is 73.1 Å². The lowest BCUT2D eigenvalue weighted by Crippen LogP contribution is -2.32. The summed E-state index contributed by atoms with van der Waals surface area (Å²) in [5, 5.41) is 7.83. The molecular weight excluding hydrogens is 1290 g/mol. The van der Waals surface area contributed by atoms with Crippen LogP contribution in [0.2, 0.25) is 0 Å². The Labute approximate surface area is 636 Å². The van der Waals surface area contributed by atoms with E-state index in [0.29, 0.717) is 56.4 Å². The molecule has 2 atom stereocenters. The molecule has 534 valence electrons. The highest BCUT2D eigenvalue weighted by Gasteiger charge is 2.28. The van der Waals surface area contributed by atoms with Gasteiger partial charge in [0.1, 0.15) is 28.2 Å². The second-order valence-corrected chi connectivity index (χ2v) is 30.5. The van der Waals surface area contributed by atoms with Crippen molar-refractivity contribution in [3.05, 3.63) is 237 Å². The van der Waals surface area contributed by atoms with Gasteiger partial charge in [-0.3, -0.25) is 0 Å². The SMILES string of the molecule is Cc1ccc2c(n1)oc1c(-c3cc(CC(C)(C)C)cc[n+]3C)c(C)ccc12.[2H]C([2H])([2H])C([2H])(C)c1cc[n+](C)c(-c2c(C)ccc3c2oc2nc(C)ccc23)c1.[2H]C([2H])([2H])c1c[n+](C)c(-c2c(C)ccc3c2oc2nc(C)ccc23)cc1C([2H])(C)C([2H])([2H])[2H].[2H]C([2H])(c1cc[n+](C)c(-c2c(C)ccc3c2oc2nc(C)ccc23)c1)C(C)(C)C. The third-order valence-electron chi connectivity index (χ3n) is 19.3. The molecule has 0 bridgehead atoms. The van der Waals surface area contributed by atoms with Crippen LogP contribution >= 0.6 is 0 Å². The number of benzene rings is 4. The fourth-order valence-electron chi connectivity index (χ4n) is 14.1. The molecule has 12 aromatic heterocycles. The first-order chi connectivity index (χ1) is 54.9. The number of hydrogen-bond donors (Lipinski definition) is 0. The number of nitrogens with zero attached hydrogens (tertiary/aromatic N) is 8. The number of hydrogen-bond acceptors (Lipinski definition) is 8. The predicted molar refractivity (Wildman–Crippen MR) is 430 cm³/mol. The Hall–Kier alpha value is -10.7. The van der Waals surface area contributed by atoms with E-state index in [9.17, 15) is 0 Å². The summed E-state index contributed by atoms with van der Waals surface area (Å²) in [4.78, 5) is 18.1. The van der Waals surface area contributed by atoms with Crippen molar-refractivity contribution in [2.75, 3.05) is 0 Å². The first kappa shape index (κ1) is 57.7. The molecule has 0 aliphatic carbocycles. The Morgan fingerprint density at radius 3 is 1.07 bits per heavy atom. The van der Waals surface area contributed by atoms with Gasteiger partial charge in [0.25, 0.3) is 0 Å². The van der Waals surface area contributed by atoms with Gasteiger partial charge in [-0.2, -0.15) is 0 Å². The van der Waals surface area contributed by atoms with Crippen LogP contribution in [0.4, 0.5) is 0 Å². The molecule has 0 aliphatic rings. The molecule has 0 amide bonds. The molecule has 0 radical (unpaired) electrons. The summed E-state index contributed by atoms with van der Waals surface area (Å²) >= 11 is 0. The second kappa shape index (κ2) is 28.4. The van der Waals surface area contributed by atoms with Crippen LogP contribution in [0.15, 0.2) is 182 Å². The Kier molecular flexibility index (Phi) is 15.6. The van der Waals surface area contributed by atoms with Gasteiger partial charge in [0.2, 0.25) is 45.6 Å². The van der Waals surface area contributed by atoms with Gasteiger partial charge in [0, 0.05) is 132 Å². The zero-order valence-electron chi connectivity index (χ0n) is 77.0. The van der Waals surface area contributed by atoms with E-state index in [1.165, 1.54) is 42.9 Å². The van der Waals surface area contributed by atoms with E-state index in [1.807, 2.05) is 165 Å². The van der Waals surface area contributed by atoms with Gasteiger partial charge in [0.15, 0.2) is 47.1 Å². The van der Waals surface area contributed by atoms with Crippen LogP contribution < -0.4 is 18.3 Å². The van der Waals surface area contributed by atoms with Gasteiger partial charge in [-0.1, -0.05) is 118 Å². The first-order valence-electron chi connectivity index (χ1n) is 42.1. The van der Waals surface area contributed by atoms with Crippen molar-refractivity contribution in [3.8, 4) is 45.0 Å². The maximum absolute atomic E-state index is 8.70. The summed E-state index contributed by atoms with van der Waals surface area (Å²) in [5.74, 6) is -3.85. The van der Waals surface area contributed by atoms with Gasteiger partial charge in [-0.25, -0.2) is 38.2 Å². The average molecular weight is 1410 g/mol. The maximum atomic E-state index is 8.70. The minimum atomic E-state index is -2.73. The molecule has 0 N–H and O–H groups in total. The van der Waals surface area contributed by atoms with Gasteiger partial charge < -0.3 is 17.7 Å². The number of pyridine rings is 8. The largest absolute Gasteiger partial charge is 0.437 e. The van der Waals surface area contributed by atoms with Crippen LogP contribution in [-0.2, 0) is 41.0 Å². The highest BCUT2D eigenvalue weighted by Crippen LogP contribution is 2.42. The number of aryl methyl sites for hydroxylation is 13. The molecule has 0 aliphatic heterocycles. The van der Waals surface area contributed by atoms with E-state index < -0.39 is 44.1 Å². The Morgan fingerprint density at radius 1 is 0.381 bits per heavy atom. The third-order valence-corrected chi connectivity index (χ3v) is 19.3. The summed E-state index contributed by atoms with van der Waals surface area (Å²) in [6.07, 6.45) is 6.85. The standard InChI is InChI=1S/2C24H27N2O.C23H25N2O.C22H23N2O/c2*1-15-7-9-18-19-10-8-16(2)25-23(19)27-22(18)21(15)20-13-17(11-12-26(20)6)14-24(3,4)5;1-13(2)19-11-20(25(6)12-15(19)4)21-14(3)7-9-17-18-10-8-16(5)24-23(18)26-22(17)21;1-13(2)16-10-11-24(5)19(12-16)20-14(3)6-8-17-18-9-7-15(4)23-22(18)25-21(17)20/h2*7-13H,14H2,1-6H3;7-13H,1-6H3;6-13H,1-5H3/q4*+1/i14D2;;1D3,4D3,13D;1D3,13D. The fourth-order valence-corrected chi connectivity index (χ4v) is 14.1. The van der Waals surface area contributed by atoms with Crippen molar-refractivity contribution < 1.29 is 53.8 Å². The van der Waals surface area contributed by atoms with Crippen LogP contribution in [0.3, 0.4) is 0 Å². The quantitative estimate of drug-likeness (QED) is 0.138. The van der Waals surface area contributed by atoms with E-state index in [0.717, 1.165) is 128 Å². The number of furan rings is 4. The lowest BCUT2D eigenvalue weighted by atomic mass is 9.87. The third kappa shape index (κ3) is 14.7. The monoisotopic (exact) mass is 1410 g/mol. The predicted octanol–water partition coefficient (Wildman–Crippen LogP) is 22.1. The highest BCUT2D eigenvalue weighted by atomic mass is 16.4. The molecule has 12 heteroatoms. The van der Waals surface area contributed by atoms with Crippen molar-refractivity contribution in [1.82, 2.24) is 19.9 Å². The lowest BCUT2D eigenvalue weighted by Gasteiger charge is -2.18. The Balaban J connectivity index is 0.000000137. The summed E-state index contributed by atoms with van der Waals surface area (Å²) in [6, 6.07) is 45.8. The van der Waals surface area contributed by atoms with Crippen molar-refractivity contribution in [2.24, 2.45) is 39.0 Å². The molecular formula is C93H102N8O4+4. The van der Waals surface area contributed by atoms with E-state index in [1.54, 1.807) is 29.9 Å². The van der Waals surface area contributed by atoms with Gasteiger partial charge in [-0.05, 0) is 191 Å². The molecule has 0 spiro atoms. The summed E-state index contributed by atoms with van der Waals surface area (Å²) in [5.41, 5.74) is 22.3. The molecule has 16 aromatic rings. The minimum Gasteiger partial charge on any atom is -0.437 e. The number of aromatic nitrogens is 8. The van der Waals surface area contributed by atoms with Gasteiger partial charge >= 0.3 is 0 Å². The van der Waals surface area contributed by atoms with Crippen molar-refractivity contribution in [1.29, 1.82) is 0 Å². The lowest BCUT2D eigenvalue weighted by molar-refractivity contribution is -0.660. The number of rotatable bonds is 8. The van der Waals surface area contributed by atoms with Crippen LogP contribution in [0.1, 0.15) is 172 Å². The molecule has 2 unspecified atom stereocenters. The van der Waals surface area contributed by atoms with E-state index in [-0.39, 0.29) is 16.5 Å². The van der Waals surface area contributed by atoms with E-state index >= 15 is 0 Å². The molecule has 0 saturated heterocycles. The fraction of sp³-hybridized carbons (Fsp3) is 0.312. The summed E-state index contributed by atoms with van der Waals surface area (Å²) < 4.78 is 138. The van der Waals surface area contributed by atoms with Crippen LogP contribution in [-0.4, -0.2) is 19.9 Å². The normalized spacial score (nSPS) is 15.4. The molecule has 0 fully saturated rings. The molecule has 4 aromatic carbocycles. The van der Waals surface area contributed by atoms with Crippen LogP contribution in [0.5, 0.6) is 0 Å². The highest BCUT2D eigenvalue weighted by molar-refractivity contribution is 6.12. The van der Waals surface area contributed by atoms with Crippen molar-refractivity contribution >= 4 is 88.3 Å². The molecule has 0 saturated carbocycles. The average Bonchev–Trinajstić information content (AvgIpc) is 1.44. The second-order valence-electron chi connectivity index (χ2n) is 30.5. The zero-order valence-corrected chi connectivity index (χ0v) is 64.0. The number of fused-ring (bicyclic) bond motifs is 12. The first-order valence-corrected chi connectivity index (χ1v) is 35.6. The van der Waals surface area contributed by atoms with E-state index in [4.69, 9.17) is 35.5 Å². The van der Waals surface area contributed by atoms with Crippen molar-refractivity contribution in [3.63, 3.8) is 0 Å². The molecule has 12 nitrogen and oxygen atoms in total. The Morgan fingerprint density at radius 2 is 0.714 bits per heavy atom. The van der Waals surface area contributed by atoms with E-state index in [2.05, 4.69) is 121 Å². The summed E-state index contributed by atoms with van der Waals surface area (Å²) in [7, 11) is 7.68. The topological polar surface area (TPSA) is 120 Å². The minimum absolute atomic E-state index is 0.0583. The molecule has 16 rings (SSSR count). The van der Waals surface area contributed by atoms with Crippen molar-refractivity contribution in [2.45, 2.75) is 156 Å². The summed E-state index contributed by atoms with van der Waals surface area (Å²) in [6.45, 7) is 23.4. The maximum Gasteiger partial charge on any atom is 0.227 e.